The van der Waals surface area contributed by atoms with Gasteiger partial charge in [-0.05, 0) is 50.8 Å². The maximum absolute atomic E-state index is 14.1. The number of Topliss-reactive ketones (excluding diaryl/α,β-unsaturated/α-hetero) is 1. The molecule has 2 heterocycles. The fourth-order valence-corrected chi connectivity index (χ4v) is 7.47. The molecule has 1 aliphatic heterocycles. The maximum Gasteiger partial charge on any atom is 0.338 e. The van der Waals surface area contributed by atoms with Crippen molar-refractivity contribution in [3.63, 3.8) is 0 Å². The quantitative estimate of drug-likeness (QED) is 0.470. The molecule has 1 aromatic heterocycles. The summed E-state index contributed by atoms with van der Waals surface area (Å²) in [7, 11) is 0. The molecule has 1 saturated heterocycles. The number of aliphatic hydroxyl groups excluding tert-OH is 1. The summed E-state index contributed by atoms with van der Waals surface area (Å²) in [6.45, 7) is 9.01. The molecule has 5 rings (SSSR count). The van der Waals surface area contributed by atoms with Gasteiger partial charge in [-0.15, -0.1) is 0 Å². The summed E-state index contributed by atoms with van der Waals surface area (Å²) in [4.78, 5) is 39.7. The van der Waals surface area contributed by atoms with Crippen LogP contribution in [0, 0.1) is 23.2 Å². The number of aliphatic hydroxyl groups is 1. The number of ether oxygens (including phenoxy) is 3. The molecule has 198 valence electrons. The third kappa shape index (κ3) is 3.76. The molecule has 3 fully saturated rings. The smallest absolute Gasteiger partial charge is 0.338 e. The van der Waals surface area contributed by atoms with Crippen LogP contribution in [-0.4, -0.2) is 52.3 Å². The van der Waals surface area contributed by atoms with Gasteiger partial charge in [0.25, 0.3) is 0 Å². The molecule has 0 radical (unpaired) electrons. The Bertz CT molecular complexity index is 1190. The standard InChI is InChI=1S/C29H34O8/c1-16-13-21(35-17(2)30)22(23(31)19-11-12-34-15-19)28(5)25(36-26(33)18-9-7-6-8-10-18)24(32)20-14-29(16,28)37-27(20,3)4/h6-12,15-16,20-22,24-25,32H,13-14H2,1-5H3/t16-,20+,21-,22-,24-,25-,28+,29+/m1/s1. The number of hydrogen-bond donors (Lipinski definition) is 1. The fourth-order valence-electron chi connectivity index (χ4n) is 7.47. The average molecular weight is 511 g/mol. The number of fused-ring (bicyclic) bond motifs is 1. The first-order valence-corrected chi connectivity index (χ1v) is 12.8. The van der Waals surface area contributed by atoms with Gasteiger partial charge >= 0.3 is 11.9 Å². The van der Waals surface area contributed by atoms with E-state index in [1.165, 1.54) is 19.5 Å². The topological polar surface area (TPSA) is 112 Å². The van der Waals surface area contributed by atoms with Gasteiger partial charge in [0, 0.05) is 12.8 Å². The largest absolute Gasteiger partial charge is 0.472 e. The molecule has 2 aromatic rings. The van der Waals surface area contributed by atoms with E-state index in [0.717, 1.165) is 0 Å². The zero-order valence-corrected chi connectivity index (χ0v) is 21.8. The van der Waals surface area contributed by atoms with Crippen molar-refractivity contribution in [1.82, 2.24) is 0 Å². The number of hydrogen-bond acceptors (Lipinski definition) is 8. The van der Waals surface area contributed by atoms with Crippen LogP contribution in [0.4, 0.5) is 0 Å². The monoisotopic (exact) mass is 510 g/mol. The van der Waals surface area contributed by atoms with Crippen LogP contribution in [0.2, 0.25) is 0 Å². The van der Waals surface area contributed by atoms with Crippen LogP contribution in [0.3, 0.4) is 0 Å². The minimum atomic E-state index is -1.23. The van der Waals surface area contributed by atoms with E-state index < -0.39 is 52.8 Å². The Balaban J connectivity index is 1.69. The minimum Gasteiger partial charge on any atom is -0.472 e. The lowest BCUT2D eigenvalue weighted by Crippen LogP contribution is -2.72. The van der Waals surface area contributed by atoms with Gasteiger partial charge in [0.2, 0.25) is 0 Å². The molecule has 1 aromatic carbocycles. The van der Waals surface area contributed by atoms with Crippen LogP contribution in [0.25, 0.3) is 0 Å². The van der Waals surface area contributed by atoms with Crippen molar-refractivity contribution in [1.29, 1.82) is 0 Å². The first kappa shape index (κ1) is 25.7. The summed E-state index contributed by atoms with van der Waals surface area (Å²) in [5, 5.41) is 11.8. The normalized spacial score (nSPS) is 37.9. The van der Waals surface area contributed by atoms with Crippen LogP contribution >= 0.6 is 0 Å². The van der Waals surface area contributed by atoms with Gasteiger partial charge in [0.05, 0.1) is 46.0 Å². The Hall–Kier alpha value is -2.97. The zero-order valence-electron chi connectivity index (χ0n) is 21.8. The molecule has 8 nitrogen and oxygen atoms in total. The lowest BCUT2D eigenvalue weighted by Gasteiger charge is -2.62. The van der Waals surface area contributed by atoms with Gasteiger partial charge in [-0.3, -0.25) is 9.59 Å². The van der Waals surface area contributed by atoms with E-state index in [1.807, 2.05) is 27.7 Å². The van der Waals surface area contributed by atoms with Crippen LogP contribution in [0.15, 0.2) is 53.3 Å². The molecule has 0 unspecified atom stereocenters. The van der Waals surface area contributed by atoms with Crippen molar-refractivity contribution in [2.45, 2.75) is 77.0 Å². The Morgan fingerprint density at radius 1 is 1.03 bits per heavy atom. The summed E-state index contributed by atoms with van der Waals surface area (Å²) in [6, 6.07) is 10.1. The molecule has 2 bridgehead atoms. The number of carbonyl (C=O) groups excluding carboxylic acids is 3. The van der Waals surface area contributed by atoms with Crippen molar-refractivity contribution in [2.24, 2.45) is 23.2 Å². The molecule has 1 N–H and O–H groups in total. The van der Waals surface area contributed by atoms with Gasteiger partial charge in [-0.1, -0.05) is 32.0 Å². The first-order valence-electron chi connectivity index (χ1n) is 12.8. The number of carbonyl (C=O) groups is 3. The third-order valence-electron chi connectivity index (χ3n) is 9.14. The van der Waals surface area contributed by atoms with E-state index in [4.69, 9.17) is 18.6 Å². The van der Waals surface area contributed by atoms with Gasteiger partial charge in [-0.2, -0.15) is 0 Å². The van der Waals surface area contributed by atoms with Crippen LogP contribution < -0.4 is 0 Å². The summed E-state index contributed by atoms with van der Waals surface area (Å²) in [5.74, 6) is -2.87. The predicted molar refractivity (Wildman–Crippen MR) is 132 cm³/mol. The molecule has 0 amide bonds. The SMILES string of the molecule is CC(=O)O[C@@H]1C[C@@H](C)[C@@]23C[C@@H]([C@@H](O)[C@@H](OC(=O)c4ccccc4)[C@]2(C)[C@H]1C(=O)c1ccoc1)C(C)(C)O3. The number of esters is 2. The number of rotatable bonds is 5. The van der Waals surface area contributed by atoms with E-state index in [2.05, 4.69) is 0 Å². The minimum absolute atomic E-state index is 0.162. The summed E-state index contributed by atoms with van der Waals surface area (Å²) in [5.41, 5.74) is -2.23. The molecule has 3 aliphatic rings. The van der Waals surface area contributed by atoms with E-state index in [1.54, 1.807) is 36.4 Å². The first-order chi connectivity index (χ1) is 17.4. The van der Waals surface area contributed by atoms with Crippen LogP contribution in [0.1, 0.15) is 68.2 Å². The number of furan rings is 1. The summed E-state index contributed by atoms with van der Waals surface area (Å²) in [6.07, 6.45) is 0.634. The van der Waals surface area contributed by atoms with E-state index in [0.29, 0.717) is 24.0 Å². The zero-order chi connectivity index (χ0) is 26.8. The van der Waals surface area contributed by atoms with Crippen molar-refractivity contribution in [3.8, 4) is 0 Å². The molecule has 1 spiro atoms. The second kappa shape index (κ2) is 8.81. The van der Waals surface area contributed by atoms with Gasteiger partial charge < -0.3 is 23.7 Å². The fraction of sp³-hybridized carbons (Fsp3) is 0.552. The second-order valence-electron chi connectivity index (χ2n) is 11.5. The second-order valence-corrected chi connectivity index (χ2v) is 11.5. The van der Waals surface area contributed by atoms with Crippen LogP contribution in [-0.2, 0) is 19.0 Å². The Morgan fingerprint density at radius 2 is 1.73 bits per heavy atom. The Morgan fingerprint density at radius 3 is 2.35 bits per heavy atom. The lowest BCUT2D eigenvalue weighted by atomic mass is 9.45. The highest BCUT2D eigenvalue weighted by atomic mass is 16.6. The molecule has 8 atom stereocenters. The van der Waals surface area contributed by atoms with E-state index in [9.17, 15) is 19.5 Å². The lowest BCUT2D eigenvalue weighted by molar-refractivity contribution is -0.263. The number of benzene rings is 1. The molecule has 8 heteroatoms. The average Bonchev–Trinajstić information content (AvgIpc) is 3.46. The van der Waals surface area contributed by atoms with Crippen molar-refractivity contribution < 1.29 is 38.1 Å². The third-order valence-corrected chi connectivity index (χ3v) is 9.14. The molecule has 2 aliphatic carbocycles. The van der Waals surface area contributed by atoms with Gasteiger partial charge in [0.1, 0.15) is 18.5 Å². The number of ketones is 1. The highest BCUT2D eigenvalue weighted by Crippen LogP contribution is 2.68. The molecular weight excluding hydrogens is 476 g/mol. The van der Waals surface area contributed by atoms with Crippen molar-refractivity contribution >= 4 is 17.7 Å². The molecule has 37 heavy (non-hydrogen) atoms. The summed E-state index contributed by atoms with van der Waals surface area (Å²) < 4.78 is 24.0. The molecule has 2 saturated carbocycles. The van der Waals surface area contributed by atoms with Crippen molar-refractivity contribution in [3.05, 3.63) is 60.1 Å². The van der Waals surface area contributed by atoms with Gasteiger partial charge in [0.15, 0.2) is 5.78 Å². The van der Waals surface area contributed by atoms with Crippen LogP contribution in [0.5, 0.6) is 0 Å². The predicted octanol–water partition coefficient (Wildman–Crippen LogP) is 4.21. The Labute approximate surface area is 216 Å². The van der Waals surface area contributed by atoms with E-state index in [-0.39, 0.29) is 17.6 Å². The molecular formula is C29H34O8. The van der Waals surface area contributed by atoms with Gasteiger partial charge in [-0.25, -0.2) is 4.79 Å². The Kier molecular flexibility index (Phi) is 6.11. The van der Waals surface area contributed by atoms with E-state index >= 15 is 0 Å². The van der Waals surface area contributed by atoms with Crippen molar-refractivity contribution in [2.75, 3.05) is 0 Å². The highest BCUT2D eigenvalue weighted by molar-refractivity contribution is 5.99. The maximum atomic E-state index is 14.1. The summed E-state index contributed by atoms with van der Waals surface area (Å²) >= 11 is 0. The highest BCUT2D eigenvalue weighted by Gasteiger charge is 2.77.